The number of carbonyl (C=O) groups is 1. The van der Waals surface area contributed by atoms with Crippen LogP contribution in [0.4, 0.5) is 0 Å². The molecule has 0 atom stereocenters. The molecule has 0 aliphatic heterocycles. The number of hydrogen-bond donors (Lipinski definition) is 2. The van der Waals surface area contributed by atoms with E-state index < -0.39 is 16.7 Å². The summed E-state index contributed by atoms with van der Waals surface area (Å²) < 4.78 is 19.5. The third kappa shape index (κ3) is 7.38. The van der Waals surface area contributed by atoms with Gasteiger partial charge in [0, 0.05) is 6.92 Å². The smallest absolute Gasteiger partial charge is 0.321 e. The van der Waals surface area contributed by atoms with Crippen molar-refractivity contribution in [2.75, 3.05) is 5.88 Å². The standard InChI is InChI=1S/C3H7NO4S/c1-3(5)8-4-2-9(6)7/h4,9H,2H2,1H3. The van der Waals surface area contributed by atoms with E-state index in [9.17, 15) is 13.2 Å². The zero-order chi connectivity index (χ0) is 7.28. The van der Waals surface area contributed by atoms with Gasteiger partial charge >= 0.3 is 5.97 Å². The number of nitrogens with one attached hydrogen (secondary N) is 1. The first-order valence-electron chi connectivity index (χ1n) is 2.15. The van der Waals surface area contributed by atoms with Crippen molar-refractivity contribution >= 4 is 16.7 Å². The SMILES string of the molecule is CC(=O)ONC[SH](=O)=O. The van der Waals surface area contributed by atoms with Gasteiger partial charge in [-0.25, -0.2) is 8.42 Å². The lowest BCUT2D eigenvalue weighted by atomic mass is 10.8. The lowest BCUT2D eigenvalue weighted by Crippen LogP contribution is -2.19. The maximum atomic E-state index is 9.94. The molecule has 0 amide bonds. The largest absolute Gasteiger partial charge is 0.370 e. The van der Waals surface area contributed by atoms with Gasteiger partial charge in [-0.15, -0.1) is 5.48 Å². The Bertz CT molecular complexity index is 155. The molecule has 0 radical (unpaired) electrons. The Kier molecular flexibility index (Phi) is 3.98. The topological polar surface area (TPSA) is 72.5 Å². The average Bonchev–Trinajstić information content (AvgIpc) is 1.63. The van der Waals surface area contributed by atoms with Crippen LogP contribution in [0.2, 0.25) is 0 Å². The molecule has 54 valence electrons. The molecule has 0 aromatic heterocycles. The summed E-state index contributed by atoms with van der Waals surface area (Å²) in [6.45, 7) is 1.17. The van der Waals surface area contributed by atoms with Crippen molar-refractivity contribution in [3.05, 3.63) is 0 Å². The van der Waals surface area contributed by atoms with E-state index in [-0.39, 0.29) is 5.88 Å². The number of thiol groups is 1. The molecule has 6 heteroatoms. The molecule has 0 rings (SSSR count). The lowest BCUT2D eigenvalue weighted by Gasteiger charge is -1.95. The quantitative estimate of drug-likeness (QED) is 0.386. The summed E-state index contributed by atoms with van der Waals surface area (Å²) in [5.41, 5.74) is 1.94. The Hall–Kier alpha value is -0.620. The highest BCUT2D eigenvalue weighted by Gasteiger charge is 1.89. The second-order valence-electron chi connectivity index (χ2n) is 1.23. The Balaban J connectivity index is 3.21. The van der Waals surface area contributed by atoms with E-state index in [2.05, 4.69) is 4.84 Å². The molecule has 0 saturated carbocycles. The molecule has 0 fully saturated rings. The average molecular weight is 153 g/mol. The normalized spacial score (nSPS) is 9.56. The van der Waals surface area contributed by atoms with Crippen LogP contribution in [-0.4, -0.2) is 20.3 Å². The van der Waals surface area contributed by atoms with E-state index >= 15 is 0 Å². The van der Waals surface area contributed by atoms with Crippen LogP contribution in [0.3, 0.4) is 0 Å². The van der Waals surface area contributed by atoms with Crippen molar-refractivity contribution in [2.45, 2.75) is 6.92 Å². The van der Waals surface area contributed by atoms with Crippen LogP contribution in [0.25, 0.3) is 0 Å². The van der Waals surface area contributed by atoms with Gasteiger partial charge in [-0.05, 0) is 0 Å². The van der Waals surface area contributed by atoms with E-state index in [0.29, 0.717) is 0 Å². The Morgan fingerprint density at radius 1 is 1.67 bits per heavy atom. The minimum Gasteiger partial charge on any atom is -0.370 e. The molecule has 1 N–H and O–H groups in total. The molecule has 0 bridgehead atoms. The summed E-state index contributed by atoms with van der Waals surface area (Å²) in [6.07, 6.45) is 0. The van der Waals surface area contributed by atoms with Gasteiger partial charge in [-0.1, -0.05) is 0 Å². The van der Waals surface area contributed by atoms with E-state index in [0.717, 1.165) is 0 Å². The minimum atomic E-state index is -2.52. The summed E-state index contributed by atoms with van der Waals surface area (Å²) in [6, 6.07) is 0. The van der Waals surface area contributed by atoms with Crippen LogP contribution < -0.4 is 5.48 Å². The molecular formula is C3H7NO4S. The Morgan fingerprint density at radius 2 is 2.22 bits per heavy atom. The third-order valence-corrected chi connectivity index (χ3v) is 0.797. The maximum Gasteiger partial charge on any atom is 0.321 e. The molecule has 0 aliphatic rings. The summed E-state index contributed by atoms with van der Waals surface area (Å²) in [4.78, 5) is 14.0. The maximum absolute atomic E-state index is 9.94. The summed E-state index contributed by atoms with van der Waals surface area (Å²) in [5.74, 6) is -0.901. The molecule has 0 unspecified atom stereocenters. The van der Waals surface area contributed by atoms with Crippen molar-refractivity contribution in [3.8, 4) is 0 Å². The first kappa shape index (κ1) is 8.38. The summed E-state index contributed by atoms with van der Waals surface area (Å²) >= 11 is 0. The van der Waals surface area contributed by atoms with Crippen LogP contribution in [0.1, 0.15) is 6.92 Å². The second-order valence-corrected chi connectivity index (χ2v) is 2.21. The van der Waals surface area contributed by atoms with E-state index in [4.69, 9.17) is 0 Å². The summed E-state index contributed by atoms with van der Waals surface area (Å²) in [7, 11) is -2.52. The zero-order valence-electron chi connectivity index (χ0n) is 4.79. The predicted molar refractivity (Wildman–Crippen MR) is 30.1 cm³/mol. The molecule has 0 heterocycles. The van der Waals surface area contributed by atoms with Gasteiger partial charge in [0.1, 0.15) is 5.88 Å². The molecule has 0 saturated heterocycles. The fourth-order valence-electron chi connectivity index (χ4n) is 0.187. The molecule has 5 nitrogen and oxygen atoms in total. The first-order chi connectivity index (χ1) is 4.13. The molecule has 0 aromatic carbocycles. The zero-order valence-corrected chi connectivity index (χ0v) is 5.68. The molecule has 0 aromatic rings. The molecular weight excluding hydrogens is 146 g/mol. The third-order valence-electron chi connectivity index (χ3n) is 0.410. The van der Waals surface area contributed by atoms with Crippen molar-refractivity contribution in [1.29, 1.82) is 0 Å². The van der Waals surface area contributed by atoms with Gasteiger partial charge in [-0.3, -0.25) is 4.79 Å². The number of carbonyl (C=O) groups excluding carboxylic acids is 1. The van der Waals surface area contributed by atoms with Gasteiger partial charge < -0.3 is 4.84 Å². The molecule has 0 aliphatic carbocycles. The molecule has 9 heavy (non-hydrogen) atoms. The lowest BCUT2D eigenvalue weighted by molar-refractivity contribution is -0.147. The van der Waals surface area contributed by atoms with Crippen molar-refractivity contribution in [3.63, 3.8) is 0 Å². The van der Waals surface area contributed by atoms with Crippen LogP contribution in [0, 0.1) is 0 Å². The van der Waals surface area contributed by atoms with Gasteiger partial charge in [0.2, 0.25) is 0 Å². The predicted octanol–water partition coefficient (Wildman–Crippen LogP) is -1.38. The minimum absolute atomic E-state index is 0.338. The number of hydrogen-bond acceptors (Lipinski definition) is 5. The van der Waals surface area contributed by atoms with Crippen LogP contribution in [-0.2, 0) is 20.3 Å². The number of hydroxylamine groups is 1. The highest BCUT2D eigenvalue weighted by molar-refractivity contribution is 7.72. The Morgan fingerprint density at radius 3 is 2.56 bits per heavy atom. The molecule has 0 spiro atoms. The van der Waals surface area contributed by atoms with E-state index in [1.54, 1.807) is 0 Å². The highest BCUT2D eigenvalue weighted by atomic mass is 32.2. The van der Waals surface area contributed by atoms with Gasteiger partial charge in [0.15, 0.2) is 10.7 Å². The van der Waals surface area contributed by atoms with Crippen LogP contribution >= 0.6 is 0 Å². The Labute approximate surface area is 53.9 Å². The van der Waals surface area contributed by atoms with Gasteiger partial charge in [-0.2, -0.15) is 0 Å². The number of rotatable bonds is 3. The van der Waals surface area contributed by atoms with E-state index in [1.165, 1.54) is 6.92 Å². The van der Waals surface area contributed by atoms with Crippen LogP contribution in [0.5, 0.6) is 0 Å². The van der Waals surface area contributed by atoms with Crippen molar-refractivity contribution in [1.82, 2.24) is 5.48 Å². The van der Waals surface area contributed by atoms with Crippen LogP contribution in [0.15, 0.2) is 0 Å². The monoisotopic (exact) mass is 153 g/mol. The van der Waals surface area contributed by atoms with E-state index in [1.807, 2.05) is 5.48 Å². The second kappa shape index (κ2) is 4.28. The van der Waals surface area contributed by atoms with Gasteiger partial charge in [0.05, 0.1) is 0 Å². The van der Waals surface area contributed by atoms with Gasteiger partial charge in [0.25, 0.3) is 0 Å². The first-order valence-corrected chi connectivity index (χ1v) is 3.51. The van der Waals surface area contributed by atoms with Crippen molar-refractivity contribution < 1.29 is 18.0 Å². The fourth-order valence-corrected chi connectivity index (χ4v) is 0.357. The highest BCUT2D eigenvalue weighted by Crippen LogP contribution is 1.66. The summed E-state index contributed by atoms with van der Waals surface area (Å²) in [5, 5.41) is 0. The fraction of sp³-hybridized carbons (Fsp3) is 0.667. The van der Waals surface area contributed by atoms with Crippen molar-refractivity contribution in [2.24, 2.45) is 0 Å².